The highest BCUT2D eigenvalue weighted by Crippen LogP contribution is 2.23. The maximum Gasteiger partial charge on any atom is 0.336 e. The molecule has 4 heteroatoms. The molecular formula is C31H36O4. The third-order valence-corrected chi connectivity index (χ3v) is 5.59. The molecule has 35 heavy (non-hydrogen) atoms. The van der Waals surface area contributed by atoms with Gasteiger partial charge < -0.3 is 14.2 Å². The molecule has 0 saturated carbocycles. The molecule has 0 fully saturated rings. The Hall–Kier alpha value is -3.53. The molecule has 0 heterocycles. The number of benzene rings is 3. The van der Waals surface area contributed by atoms with E-state index in [1.54, 1.807) is 18.2 Å². The summed E-state index contributed by atoms with van der Waals surface area (Å²) >= 11 is 0. The largest absolute Gasteiger partial charge is 0.494 e. The van der Waals surface area contributed by atoms with Crippen molar-refractivity contribution < 1.29 is 19.0 Å². The lowest BCUT2D eigenvalue weighted by Crippen LogP contribution is -2.03. The molecule has 3 aromatic rings. The van der Waals surface area contributed by atoms with Crippen LogP contribution in [0.4, 0.5) is 0 Å². The highest BCUT2D eigenvalue weighted by molar-refractivity contribution is 5.88. The fraction of sp³-hybridized carbons (Fsp3) is 0.323. The van der Waals surface area contributed by atoms with E-state index in [1.807, 2.05) is 48.5 Å². The number of ether oxygens (including phenoxy) is 3. The van der Waals surface area contributed by atoms with Crippen LogP contribution < -0.4 is 14.2 Å². The van der Waals surface area contributed by atoms with Gasteiger partial charge in [-0.3, -0.25) is 0 Å². The molecular weight excluding hydrogens is 436 g/mol. The summed E-state index contributed by atoms with van der Waals surface area (Å²) in [6, 6.07) is 23.4. The lowest BCUT2D eigenvalue weighted by Gasteiger charge is -2.07. The minimum atomic E-state index is -0.416. The van der Waals surface area contributed by atoms with E-state index in [0.29, 0.717) is 12.4 Å². The Balaban J connectivity index is 1.47. The van der Waals surface area contributed by atoms with Crippen LogP contribution in [0.2, 0.25) is 0 Å². The fourth-order valence-corrected chi connectivity index (χ4v) is 3.53. The number of hydrogen-bond acceptors (Lipinski definition) is 4. The first-order chi connectivity index (χ1) is 17.2. The van der Waals surface area contributed by atoms with Gasteiger partial charge >= 0.3 is 5.97 Å². The Bertz CT molecular complexity index is 1030. The zero-order chi connectivity index (χ0) is 24.7. The first-order valence-corrected chi connectivity index (χ1v) is 12.6. The second-order valence-corrected chi connectivity index (χ2v) is 8.48. The number of carbonyl (C=O) groups is 1. The van der Waals surface area contributed by atoms with Gasteiger partial charge in [0, 0.05) is 6.08 Å². The van der Waals surface area contributed by atoms with Gasteiger partial charge in [0.05, 0.1) is 13.2 Å². The second-order valence-electron chi connectivity index (χ2n) is 8.48. The van der Waals surface area contributed by atoms with Crippen molar-refractivity contribution in [1.82, 2.24) is 0 Å². The molecule has 184 valence electrons. The second kappa shape index (κ2) is 14.7. The Morgan fingerprint density at radius 3 is 1.60 bits per heavy atom. The van der Waals surface area contributed by atoms with Crippen LogP contribution in [0.3, 0.4) is 0 Å². The summed E-state index contributed by atoms with van der Waals surface area (Å²) < 4.78 is 16.9. The quantitative estimate of drug-likeness (QED) is 0.103. The molecule has 0 aliphatic heterocycles. The summed E-state index contributed by atoms with van der Waals surface area (Å²) in [7, 11) is 0. The van der Waals surface area contributed by atoms with Crippen molar-refractivity contribution in [3.05, 3.63) is 84.4 Å². The highest BCUT2D eigenvalue weighted by Gasteiger charge is 2.03. The van der Waals surface area contributed by atoms with Gasteiger partial charge in [0.2, 0.25) is 0 Å². The summed E-state index contributed by atoms with van der Waals surface area (Å²) in [4.78, 5) is 12.2. The van der Waals surface area contributed by atoms with E-state index in [9.17, 15) is 4.79 Å². The van der Waals surface area contributed by atoms with E-state index >= 15 is 0 Å². The summed E-state index contributed by atoms with van der Waals surface area (Å²) in [6.07, 6.45) is 10.0. The average molecular weight is 473 g/mol. The molecule has 0 N–H and O–H groups in total. The van der Waals surface area contributed by atoms with Gasteiger partial charge in [0.15, 0.2) is 0 Å². The highest BCUT2D eigenvalue weighted by atomic mass is 16.5. The maximum absolute atomic E-state index is 12.2. The zero-order valence-electron chi connectivity index (χ0n) is 20.9. The fourth-order valence-electron chi connectivity index (χ4n) is 3.53. The van der Waals surface area contributed by atoms with Crippen molar-refractivity contribution >= 4 is 12.0 Å². The van der Waals surface area contributed by atoms with Crippen LogP contribution >= 0.6 is 0 Å². The van der Waals surface area contributed by atoms with Gasteiger partial charge in [-0.15, -0.1) is 0 Å². The molecule has 0 atom stereocenters. The van der Waals surface area contributed by atoms with Crippen LogP contribution in [0.5, 0.6) is 17.2 Å². The van der Waals surface area contributed by atoms with Gasteiger partial charge in [-0.25, -0.2) is 4.79 Å². The molecule has 0 aliphatic carbocycles. The minimum absolute atomic E-state index is 0.416. The van der Waals surface area contributed by atoms with Gasteiger partial charge in [-0.05, 0) is 72.0 Å². The Labute approximate surface area is 209 Å². The molecule has 4 nitrogen and oxygen atoms in total. The van der Waals surface area contributed by atoms with Crippen molar-refractivity contribution in [2.24, 2.45) is 0 Å². The first-order valence-electron chi connectivity index (χ1n) is 12.6. The van der Waals surface area contributed by atoms with E-state index in [2.05, 4.69) is 26.0 Å². The number of carbonyl (C=O) groups excluding carboxylic acids is 1. The summed E-state index contributed by atoms with van der Waals surface area (Å²) in [5, 5.41) is 0. The Kier molecular flexibility index (Phi) is 10.9. The van der Waals surface area contributed by atoms with Crippen molar-refractivity contribution in [3.63, 3.8) is 0 Å². The van der Waals surface area contributed by atoms with E-state index in [-0.39, 0.29) is 0 Å². The van der Waals surface area contributed by atoms with Crippen molar-refractivity contribution in [2.75, 3.05) is 13.2 Å². The standard InChI is InChI=1S/C31H36O4/c1-3-5-7-23-33-28-16-14-27(15-17-28)26-12-9-25(10-13-26)11-22-31(32)35-30-20-18-29(19-21-30)34-24-8-6-4-2/h9-22H,3-8,23-24H2,1-2H3/b22-11+. The van der Waals surface area contributed by atoms with E-state index in [1.165, 1.54) is 25.3 Å². The summed E-state index contributed by atoms with van der Waals surface area (Å²) in [5.74, 6) is 1.76. The van der Waals surface area contributed by atoms with Gasteiger partial charge in [0.1, 0.15) is 17.2 Å². The van der Waals surface area contributed by atoms with E-state index < -0.39 is 5.97 Å². The van der Waals surface area contributed by atoms with Crippen LogP contribution in [0.1, 0.15) is 57.9 Å². The normalized spacial score (nSPS) is 10.9. The van der Waals surface area contributed by atoms with Crippen LogP contribution in [-0.4, -0.2) is 19.2 Å². The van der Waals surface area contributed by atoms with Crippen molar-refractivity contribution in [2.45, 2.75) is 52.4 Å². The van der Waals surface area contributed by atoms with Gasteiger partial charge in [-0.1, -0.05) is 75.9 Å². The van der Waals surface area contributed by atoms with Crippen LogP contribution in [0, 0.1) is 0 Å². The number of esters is 1. The molecule has 3 aromatic carbocycles. The monoisotopic (exact) mass is 472 g/mol. The molecule has 0 unspecified atom stereocenters. The van der Waals surface area contributed by atoms with Gasteiger partial charge in [-0.2, -0.15) is 0 Å². The number of hydrogen-bond donors (Lipinski definition) is 0. The average Bonchev–Trinajstić information content (AvgIpc) is 2.90. The number of unbranched alkanes of at least 4 members (excludes halogenated alkanes) is 4. The molecule has 0 saturated heterocycles. The number of rotatable bonds is 14. The lowest BCUT2D eigenvalue weighted by molar-refractivity contribution is -0.128. The first kappa shape index (κ1) is 26.1. The lowest BCUT2D eigenvalue weighted by atomic mass is 10.0. The third kappa shape index (κ3) is 9.32. The van der Waals surface area contributed by atoms with Gasteiger partial charge in [0.25, 0.3) is 0 Å². The SMILES string of the molecule is CCCCCOc1ccc(OC(=O)/C=C/c2ccc(-c3ccc(OCCCCC)cc3)cc2)cc1. The molecule has 0 amide bonds. The predicted octanol–water partition coefficient (Wildman–Crippen LogP) is 8.11. The smallest absolute Gasteiger partial charge is 0.336 e. The van der Waals surface area contributed by atoms with Crippen molar-refractivity contribution in [3.8, 4) is 28.4 Å². The Morgan fingerprint density at radius 2 is 1.09 bits per heavy atom. The molecule has 0 aromatic heterocycles. The molecule has 3 rings (SSSR count). The third-order valence-electron chi connectivity index (χ3n) is 5.59. The minimum Gasteiger partial charge on any atom is -0.494 e. The van der Waals surface area contributed by atoms with Crippen molar-refractivity contribution in [1.29, 1.82) is 0 Å². The predicted molar refractivity (Wildman–Crippen MR) is 143 cm³/mol. The summed E-state index contributed by atoms with van der Waals surface area (Å²) in [6.45, 7) is 5.81. The zero-order valence-corrected chi connectivity index (χ0v) is 20.9. The molecule has 0 spiro atoms. The topological polar surface area (TPSA) is 44.8 Å². The van der Waals surface area contributed by atoms with E-state index in [0.717, 1.165) is 54.1 Å². The summed E-state index contributed by atoms with van der Waals surface area (Å²) in [5.41, 5.74) is 3.16. The van der Waals surface area contributed by atoms with E-state index in [4.69, 9.17) is 14.2 Å². The maximum atomic E-state index is 12.2. The van der Waals surface area contributed by atoms with Crippen LogP contribution in [-0.2, 0) is 4.79 Å². The molecule has 0 radical (unpaired) electrons. The van der Waals surface area contributed by atoms with Crippen LogP contribution in [0.25, 0.3) is 17.2 Å². The molecule has 0 aliphatic rings. The van der Waals surface area contributed by atoms with Crippen LogP contribution in [0.15, 0.2) is 78.9 Å². The Morgan fingerprint density at radius 1 is 0.629 bits per heavy atom. The molecule has 0 bridgehead atoms.